The molecule has 0 bridgehead atoms. The van der Waals surface area contributed by atoms with Gasteiger partial charge in [0.1, 0.15) is 5.82 Å². The van der Waals surface area contributed by atoms with Crippen molar-refractivity contribution < 1.29 is 19.1 Å². The summed E-state index contributed by atoms with van der Waals surface area (Å²) in [5.74, 6) is -1.76. The fourth-order valence-electron chi connectivity index (χ4n) is 3.49. The Kier molecular flexibility index (Phi) is 9.92. The van der Waals surface area contributed by atoms with Crippen LogP contribution in [0.1, 0.15) is 57.6 Å². The van der Waals surface area contributed by atoms with E-state index in [-0.39, 0.29) is 12.3 Å². The van der Waals surface area contributed by atoms with Gasteiger partial charge in [0, 0.05) is 19.2 Å². The second-order valence-electron chi connectivity index (χ2n) is 7.91. The third-order valence-corrected chi connectivity index (χ3v) is 5.28. The number of aliphatic carboxylic acids is 1. The van der Waals surface area contributed by atoms with E-state index in [1.165, 1.54) is 6.07 Å². The monoisotopic (exact) mass is 440 g/mol. The summed E-state index contributed by atoms with van der Waals surface area (Å²) in [6.07, 6.45) is 5.21. The molecule has 0 spiro atoms. The number of amides is 1. The number of nitrogens with zero attached hydrogens (tertiary/aromatic N) is 1. The first-order valence-corrected chi connectivity index (χ1v) is 11.2. The van der Waals surface area contributed by atoms with Crippen LogP contribution in [0.15, 0.2) is 48.5 Å². The molecule has 0 atom stereocenters. The fourth-order valence-corrected chi connectivity index (χ4v) is 3.49. The number of anilines is 2. The van der Waals surface area contributed by atoms with Crippen molar-refractivity contribution in [2.45, 2.75) is 52.9 Å². The Hall–Kier alpha value is -3.15. The van der Waals surface area contributed by atoms with Crippen LogP contribution < -0.4 is 10.2 Å². The van der Waals surface area contributed by atoms with E-state index in [9.17, 15) is 14.0 Å². The maximum Gasteiger partial charge on any atom is 0.328 e. The van der Waals surface area contributed by atoms with Gasteiger partial charge in [0.05, 0.1) is 17.8 Å². The molecule has 0 radical (unpaired) electrons. The maximum atomic E-state index is 14.0. The fraction of sp³-hybridized carbons (Fsp3) is 0.385. The smallest absolute Gasteiger partial charge is 0.328 e. The predicted octanol–water partition coefficient (Wildman–Crippen LogP) is 5.90. The summed E-state index contributed by atoms with van der Waals surface area (Å²) in [5.41, 5.74) is 3.12. The Morgan fingerprint density at radius 3 is 2.31 bits per heavy atom. The quantitative estimate of drug-likeness (QED) is 0.403. The lowest BCUT2D eigenvalue weighted by Gasteiger charge is -2.28. The number of hydrogen-bond donors (Lipinski definition) is 2. The van der Waals surface area contributed by atoms with Crippen LogP contribution in [-0.4, -0.2) is 30.1 Å². The number of carboxylic acid groups (broad SMARTS) is 1. The van der Waals surface area contributed by atoms with Gasteiger partial charge >= 0.3 is 5.97 Å². The van der Waals surface area contributed by atoms with E-state index in [0.717, 1.165) is 50.5 Å². The van der Waals surface area contributed by atoms with Gasteiger partial charge in [-0.15, -0.1) is 0 Å². The Balaban J connectivity index is 2.40. The Morgan fingerprint density at radius 1 is 1.06 bits per heavy atom. The molecule has 0 unspecified atom stereocenters. The van der Waals surface area contributed by atoms with Gasteiger partial charge < -0.3 is 15.3 Å². The molecular weight excluding hydrogens is 407 g/mol. The van der Waals surface area contributed by atoms with Crippen LogP contribution in [0.2, 0.25) is 0 Å². The molecule has 2 aromatic carbocycles. The molecule has 172 valence electrons. The van der Waals surface area contributed by atoms with Crippen LogP contribution in [0.25, 0.3) is 5.57 Å². The summed E-state index contributed by atoms with van der Waals surface area (Å²) in [7, 11) is 0. The van der Waals surface area contributed by atoms with Crippen LogP contribution in [0, 0.1) is 5.82 Å². The van der Waals surface area contributed by atoms with Crippen molar-refractivity contribution >= 4 is 28.8 Å². The van der Waals surface area contributed by atoms with Gasteiger partial charge in [-0.1, -0.05) is 51.0 Å². The number of carboxylic acids is 1. The van der Waals surface area contributed by atoms with Crippen molar-refractivity contribution in [3.05, 3.63) is 65.5 Å². The van der Waals surface area contributed by atoms with Crippen molar-refractivity contribution in [3.63, 3.8) is 0 Å². The molecule has 0 saturated carbocycles. The molecular formula is C26H33FN2O3. The number of nitrogens with one attached hydrogen (secondary N) is 1. The summed E-state index contributed by atoms with van der Waals surface area (Å²) in [5, 5.41) is 12.0. The highest BCUT2D eigenvalue weighted by Gasteiger charge is 2.16. The van der Waals surface area contributed by atoms with E-state index < -0.39 is 11.8 Å². The minimum absolute atomic E-state index is 0.0792. The van der Waals surface area contributed by atoms with Gasteiger partial charge in [0.15, 0.2) is 0 Å². The average Bonchev–Trinajstić information content (AvgIpc) is 2.75. The lowest BCUT2D eigenvalue weighted by atomic mass is 10.0. The second kappa shape index (κ2) is 12.6. The van der Waals surface area contributed by atoms with Crippen molar-refractivity contribution in [2.24, 2.45) is 0 Å². The number of carbonyl (C=O) groups excluding carboxylic acids is 1. The highest BCUT2D eigenvalue weighted by atomic mass is 19.1. The molecule has 1 amide bonds. The number of unbranched alkanes of at least 4 members (excludes halogenated alkanes) is 2. The average molecular weight is 441 g/mol. The molecule has 0 heterocycles. The van der Waals surface area contributed by atoms with Gasteiger partial charge in [0.25, 0.3) is 0 Å². The molecule has 0 aromatic heterocycles. The minimum atomic E-state index is -1.02. The predicted molar refractivity (Wildman–Crippen MR) is 128 cm³/mol. The lowest BCUT2D eigenvalue weighted by molar-refractivity contribution is -0.131. The zero-order valence-electron chi connectivity index (χ0n) is 19.2. The van der Waals surface area contributed by atoms with Gasteiger partial charge in [-0.2, -0.15) is 0 Å². The van der Waals surface area contributed by atoms with E-state index in [0.29, 0.717) is 22.4 Å². The van der Waals surface area contributed by atoms with Crippen LogP contribution >= 0.6 is 0 Å². The Bertz CT molecular complexity index is 948. The number of allylic oxidation sites excluding steroid dienone is 1. The largest absolute Gasteiger partial charge is 0.478 e. The first-order chi connectivity index (χ1) is 15.3. The summed E-state index contributed by atoms with van der Waals surface area (Å²) in [4.78, 5) is 26.1. The first-order valence-electron chi connectivity index (χ1n) is 11.2. The summed E-state index contributed by atoms with van der Waals surface area (Å²) < 4.78 is 14.0. The maximum absolute atomic E-state index is 14.0. The highest BCUT2D eigenvalue weighted by Crippen LogP contribution is 2.31. The molecule has 0 aliphatic heterocycles. The van der Waals surface area contributed by atoms with Gasteiger partial charge in [0.2, 0.25) is 5.91 Å². The molecule has 5 nitrogen and oxygen atoms in total. The minimum Gasteiger partial charge on any atom is -0.478 e. The third kappa shape index (κ3) is 7.52. The lowest BCUT2D eigenvalue weighted by Crippen LogP contribution is -2.27. The van der Waals surface area contributed by atoms with Crippen molar-refractivity contribution in [2.75, 3.05) is 23.3 Å². The van der Waals surface area contributed by atoms with Gasteiger partial charge in [-0.3, -0.25) is 4.79 Å². The molecule has 0 aliphatic rings. The summed E-state index contributed by atoms with van der Waals surface area (Å²) in [6, 6.07) is 11.8. The highest BCUT2D eigenvalue weighted by molar-refractivity contribution is 5.97. The Labute approximate surface area is 190 Å². The first kappa shape index (κ1) is 25.1. The van der Waals surface area contributed by atoms with Gasteiger partial charge in [-0.05, 0) is 54.7 Å². The SMILES string of the molecule is CCCCN(CCCC)c1ccc(/C(C)=C/C(=O)O)cc1NC(=O)Cc1ccccc1F. The standard InChI is InChI=1S/C26H33FN2O3/c1-4-6-14-29(15-7-5-2)24-13-12-20(19(3)16-26(31)32)17-23(24)28-25(30)18-21-10-8-9-11-22(21)27/h8-13,16-17H,4-7,14-15,18H2,1-3H3,(H,28,30)(H,31,32)/b19-16+. The second-order valence-corrected chi connectivity index (χ2v) is 7.91. The van der Waals surface area contributed by atoms with Crippen LogP contribution in [-0.2, 0) is 16.0 Å². The zero-order valence-corrected chi connectivity index (χ0v) is 19.2. The molecule has 0 saturated heterocycles. The molecule has 2 aromatic rings. The summed E-state index contributed by atoms with van der Waals surface area (Å²) in [6.45, 7) is 7.71. The topological polar surface area (TPSA) is 69.6 Å². The molecule has 0 fully saturated rings. The molecule has 6 heteroatoms. The third-order valence-electron chi connectivity index (χ3n) is 5.28. The van der Waals surface area contributed by atoms with Crippen LogP contribution in [0.5, 0.6) is 0 Å². The van der Waals surface area contributed by atoms with Crippen molar-refractivity contribution in [3.8, 4) is 0 Å². The Morgan fingerprint density at radius 2 is 1.72 bits per heavy atom. The van der Waals surface area contributed by atoms with E-state index in [2.05, 4.69) is 24.1 Å². The number of rotatable bonds is 12. The van der Waals surface area contributed by atoms with Crippen molar-refractivity contribution in [1.82, 2.24) is 0 Å². The zero-order chi connectivity index (χ0) is 23.5. The molecule has 0 aliphatic carbocycles. The van der Waals surface area contributed by atoms with Crippen LogP contribution in [0.4, 0.5) is 15.8 Å². The van der Waals surface area contributed by atoms with Crippen molar-refractivity contribution in [1.29, 1.82) is 0 Å². The van der Waals surface area contributed by atoms with E-state index >= 15 is 0 Å². The van der Waals surface area contributed by atoms with E-state index in [1.54, 1.807) is 31.2 Å². The number of halogens is 1. The number of hydrogen-bond acceptors (Lipinski definition) is 3. The summed E-state index contributed by atoms with van der Waals surface area (Å²) >= 11 is 0. The van der Waals surface area contributed by atoms with E-state index in [1.807, 2.05) is 12.1 Å². The molecule has 2 N–H and O–H groups in total. The number of benzene rings is 2. The molecule has 2 rings (SSSR count). The normalized spacial score (nSPS) is 11.3. The van der Waals surface area contributed by atoms with Crippen LogP contribution in [0.3, 0.4) is 0 Å². The van der Waals surface area contributed by atoms with E-state index in [4.69, 9.17) is 5.11 Å². The van der Waals surface area contributed by atoms with Gasteiger partial charge in [-0.25, -0.2) is 9.18 Å². The molecule has 32 heavy (non-hydrogen) atoms. The number of carbonyl (C=O) groups is 2.